The lowest BCUT2D eigenvalue weighted by atomic mass is 9.89. The van der Waals surface area contributed by atoms with Crippen LogP contribution in [0.1, 0.15) is 49.8 Å². The summed E-state index contributed by atoms with van der Waals surface area (Å²) in [5, 5.41) is 25.1. The molecule has 0 spiro atoms. The van der Waals surface area contributed by atoms with Gasteiger partial charge in [0, 0.05) is 35.7 Å². The molecule has 0 saturated carbocycles. The molecule has 148 valence electrons. The molecule has 0 atom stereocenters. The molecule has 1 aromatic heterocycles. The number of carbonyl (C=O) groups excluding carboxylic acids is 1. The van der Waals surface area contributed by atoms with E-state index in [4.69, 9.17) is 5.26 Å². The summed E-state index contributed by atoms with van der Waals surface area (Å²) in [6.45, 7) is 7.12. The molecule has 6 nitrogen and oxygen atoms in total. The summed E-state index contributed by atoms with van der Waals surface area (Å²) in [5.41, 5.74) is 7.23. The molecule has 2 heterocycles. The predicted octanol–water partition coefficient (Wildman–Crippen LogP) is 3.98. The first-order chi connectivity index (χ1) is 14.4. The van der Waals surface area contributed by atoms with E-state index in [0.717, 1.165) is 33.5 Å². The van der Waals surface area contributed by atoms with Gasteiger partial charge in [0.25, 0.3) is 5.91 Å². The van der Waals surface area contributed by atoms with Crippen LogP contribution in [0.5, 0.6) is 0 Å². The van der Waals surface area contributed by atoms with Gasteiger partial charge in [-0.1, -0.05) is 18.2 Å². The van der Waals surface area contributed by atoms with Crippen LogP contribution in [0.25, 0.3) is 11.3 Å². The molecule has 1 aliphatic heterocycles. The third kappa shape index (κ3) is 3.23. The van der Waals surface area contributed by atoms with Gasteiger partial charge in [0.1, 0.15) is 6.07 Å². The van der Waals surface area contributed by atoms with Gasteiger partial charge in [-0.15, -0.1) is 0 Å². The van der Waals surface area contributed by atoms with E-state index in [9.17, 15) is 10.1 Å². The topological polar surface area (TPSA) is 96.6 Å². The molecule has 6 heteroatoms. The molecule has 2 aromatic carbocycles. The van der Waals surface area contributed by atoms with Crippen molar-refractivity contribution in [1.82, 2.24) is 15.1 Å². The van der Waals surface area contributed by atoms with Gasteiger partial charge in [-0.25, -0.2) is 0 Å². The molecule has 0 radical (unpaired) electrons. The molecule has 0 bridgehead atoms. The third-order valence-electron chi connectivity index (χ3n) is 5.87. The van der Waals surface area contributed by atoms with Gasteiger partial charge in [-0.3, -0.25) is 9.89 Å². The van der Waals surface area contributed by atoms with Crippen LogP contribution in [-0.2, 0) is 0 Å². The summed E-state index contributed by atoms with van der Waals surface area (Å²) in [5.74, 6) is 0.302. The number of nitrogens with one attached hydrogen (secondary N) is 1. The largest absolute Gasteiger partial charge is 0.337 e. The van der Waals surface area contributed by atoms with Crippen LogP contribution in [0, 0.1) is 43.4 Å². The molecule has 30 heavy (non-hydrogen) atoms. The van der Waals surface area contributed by atoms with Crippen LogP contribution in [-0.4, -0.2) is 34.1 Å². The Hall–Kier alpha value is -3.90. The predicted molar refractivity (Wildman–Crippen MR) is 113 cm³/mol. The molecule has 4 rings (SSSR count). The van der Waals surface area contributed by atoms with Crippen LogP contribution in [0.3, 0.4) is 0 Å². The Morgan fingerprint density at radius 1 is 1.07 bits per heavy atom. The van der Waals surface area contributed by atoms with Gasteiger partial charge in [-0.2, -0.15) is 15.6 Å². The van der Waals surface area contributed by atoms with Crippen molar-refractivity contribution in [2.45, 2.75) is 26.7 Å². The Labute approximate surface area is 175 Å². The Balaban J connectivity index is 1.57. The van der Waals surface area contributed by atoms with Crippen molar-refractivity contribution in [1.29, 1.82) is 10.5 Å². The fourth-order valence-corrected chi connectivity index (χ4v) is 3.98. The van der Waals surface area contributed by atoms with E-state index in [2.05, 4.69) is 22.3 Å². The number of rotatable bonds is 3. The number of aryl methyl sites for hydroxylation is 2. The Morgan fingerprint density at radius 3 is 2.37 bits per heavy atom. The highest BCUT2D eigenvalue weighted by Gasteiger charge is 2.33. The van der Waals surface area contributed by atoms with Crippen molar-refractivity contribution in [2.24, 2.45) is 0 Å². The smallest absolute Gasteiger partial charge is 0.254 e. The number of nitrogens with zero attached hydrogens (tertiary/aromatic N) is 4. The van der Waals surface area contributed by atoms with E-state index in [-0.39, 0.29) is 5.91 Å². The number of hydrogen-bond acceptors (Lipinski definition) is 4. The number of benzene rings is 2. The summed E-state index contributed by atoms with van der Waals surface area (Å²) >= 11 is 0. The molecule has 1 amide bonds. The van der Waals surface area contributed by atoms with Gasteiger partial charge in [-0.05, 0) is 55.7 Å². The lowest BCUT2D eigenvalue weighted by molar-refractivity contribution is 0.0601. The minimum absolute atomic E-state index is 0.0105. The van der Waals surface area contributed by atoms with Crippen LogP contribution in [0.15, 0.2) is 36.4 Å². The highest BCUT2D eigenvalue weighted by Crippen LogP contribution is 2.32. The quantitative estimate of drug-likeness (QED) is 0.725. The number of aromatic nitrogens is 2. The summed E-state index contributed by atoms with van der Waals surface area (Å²) in [7, 11) is 0. The Kier molecular flexibility index (Phi) is 4.85. The molecule has 0 aliphatic carbocycles. The molecule has 1 aliphatic rings. The summed E-state index contributed by atoms with van der Waals surface area (Å²) in [6, 6.07) is 15.7. The molecule has 1 N–H and O–H groups in total. The summed E-state index contributed by atoms with van der Waals surface area (Å²) in [4.78, 5) is 15.0. The SMILES string of the molecule is Cc1cc(C)c(-c2[nH]nc(C#N)c2C)cc1C(=O)N1CC(c2ccc(C#N)cc2)C1. The highest BCUT2D eigenvalue weighted by atomic mass is 16.2. The van der Waals surface area contributed by atoms with E-state index < -0.39 is 0 Å². The Morgan fingerprint density at radius 2 is 1.77 bits per heavy atom. The maximum absolute atomic E-state index is 13.2. The third-order valence-corrected chi connectivity index (χ3v) is 5.87. The fourth-order valence-electron chi connectivity index (χ4n) is 3.98. The summed E-state index contributed by atoms with van der Waals surface area (Å²) < 4.78 is 0. The van der Waals surface area contributed by atoms with Gasteiger partial charge < -0.3 is 4.90 Å². The van der Waals surface area contributed by atoms with Gasteiger partial charge in [0.05, 0.1) is 17.3 Å². The van der Waals surface area contributed by atoms with E-state index in [0.29, 0.717) is 35.8 Å². The second-order valence-corrected chi connectivity index (χ2v) is 7.81. The zero-order chi connectivity index (χ0) is 21.4. The van der Waals surface area contributed by atoms with Crippen molar-refractivity contribution < 1.29 is 4.79 Å². The second kappa shape index (κ2) is 7.50. The second-order valence-electron chi connectivity index (χ2n) is 7.81. The van der Waals surface area contributed by atoms with Crippen molar-refractivity contribution in [3.63, 3.8) is 0 Å². The number of carbonyl (C=O) groups is 1. The van der Waals surface area contributed by atoms with E-state index in [1.807, 2.05) is 62.1 Å². The average Bonchev–Trinajstić information content (AvgIpc) is 3.07. The first-order valence-electron chi connectivity index (χ1n) is 9.79. The highest BCUT2D eigenvalue weighted by molar-refractivity contribution is 5.98. The minimum Gasteiger partial charge on any atom is -0.337 e. The van der Waals surface area contributed by atoms with Crippen molar-refractivity contribution >= 4 is 5.91 Å². The fraction of sp³-hybridized carbons (Fsp3) is 0.250. The maximum atomic E-state index is 13.2. The maximum Gasteiger partial charge on any atom is 0.254 e. The first kappa shape index (κ1) is 19.4. The number of aromatic amines is 1. The van der Waals surface area contributed by atoms with Crippen LogP contribution >= 0.6 is 0 Å². The van der Waals surface area contributed by atoms with Crippen molar-refractivity contribution in [3.8, 4) is 23.4 Å². The van der Waals surface area contributed by atoms with E-state index in [1.54, 1.807) is 0 Å². The van der Waals surface area contributed by atoms with E-state index in [1.165, 1.54) is 0 Å². The molecule has 0 unspecified atom stereocenters. The molecular weight excluding hydrogens is 374 g/mol. The van der Waals surface area contributed by atoms with Crippen LogP contribution < -0.4 is 0 Å². The van der Waals surface area contributed by atoms with Crippen molar-refractivity contribution in [3.05, 3.63) is 75.5 Å². The van der Waals surface area contributed by atoms with Crippen LogP contribution in [0.2, 0.25) is 0 Å². The number of likely N-dealkylation sites (tertiary alicyclic amines) is 1. The standard InChI is InChI=1S/C24H21N5O/c1-14-8-15(2)21(9-20(14)23-16(3)22(11-26)27-28-23)24(30)29-12-19(13-29)18-6-4-17(10-25)5-7-18/h4-9,19H,12-13H2,1-3H3,(H,27,28). The number of H-pyrrole nitrogens is 1. The lowest BCUT2D eigenvalue weighted by Gasteiger charge is -2.40. The van der Waals surface area contributed by atoms with Crippen molar-refractivity contribution in [2.75, 3.05) is 13.1 Å². The molecule has 3 aromatic rings. The number of amides is 1. The monoisotopic (exact) mass is 395 g/mol. The molecule has 1 saturated heterocycles. The average molecular weight is 395 g/mol. The molecule has 1 fully saturated rings. The first-order valence-corrected chi connectivity index (χ1v) is 9.79. The molecular formula is C24H21N5O. The van der Waals surface area contributed by atoms with Gasteiger partial charge in [0.15, 0.2) is 5.69 Å². The summed E-state index contributed by atoms with van der Waals surface area (Å²) in [6.07, 6.45) is 0. The van der Waals surface area contributed by atoms with Gasteiger partial charge >= 0.3 is 0 Å². The minimum atomic E-state index is 0.0105. The van der Waals surface area contributed by atoms with Gasteiger partial charge in [0.2, 0.25) is 0 Å². The van der Waals surface area contributed by atoms with Crippen LogP contribution in [0.4, 0.5) is 0 Å². The normalized spacial score (nSPS) is 13.4. The zero-order valence-corrected chi connectivity index (χ0v) is 17.2. The number of hydrogen-bond donors (Lipinski definition) is 1. The van der Waals surface area contributed by atoms with E-state index >= 15 is 0 Å². The lowest BCUT2D eigenvalue weighted by Crippen LogP contribution is -2.48. The zero-order valence-electron chi connectivity index (χ0n) is 17.2. The number of nitriles is 2. The Bertz CT molecular complexity index is 1220.